The summed E-state index contributed by atoms with van der Waals surface area (Å²) in [5.74, 6) is 0. The number of aryl methyl sites for hydroxylation is 2. The number of rotatable bonds is 10. The molecule has 0 unspecified atom stereocenters. The van der Waals surface area contributed by atoms with Crippen LogP contribution in [0, 0.1) is 0 Å². The standard InChI is InChI=1S/C19H32/c1-4-7-9-13-18-15-11-14-17(12-6-3)19(18)16-10-8-5-2/h11,14-15H,4-10,12-13,16H2,1-3H3. The molecule has 0 aliphatic heterocycles. The summed E-state index contributed by atoms with van der Waals surface area (Å²) in [4.78, 5) is 0. The highest BCUT2D eigenvalue weighted by atomic mass is 14.1. The van der Waals surface area contributed by atoms with Gasteiger partial charge in [0.1, 0.15) is 0 Å². The Bertz CT molecular complexity index is 338. The van der Waals surface area contributed by atoms with Crippen molar-refractivity contribution in [2.45, 2.75) is 85.0 Å². The molecule has 0 bridgehead atoms. The smallest absolute Gasteiger partial charge is 0.0273 e. The predicted molar refractivity (Wildman–Crippen MR) is 86.9 cm³/mol. The van der Waals surface area contributed by atoms with Crippen molar-refractivity contribution >= 4 is 0 Å². The first kappa shape index (κ1) is 16.3. The highest BCUT2D eigenvalue weighted by Gasteiger charge is 2.07. The van der Waals surface area contributed by atoms with E-state index in [-0.39, 0.29) is 0 Å². The van der Waals surface area contributed by atoms with Crippen LogP contribution >= 0.6 is 0 Å². The van der Waals surface area contributed by atoms with Crippen molar-refractivity contribution in [2.75, 3.05) is 0 Å². The van der Waals surface area contributed by atoms with Gasteiger partial charge in [-0.1, -0.05) is 71.1 Å². The Labute approximate surface area is 120 Å². The maximum Gasteiger partial charge on any atom is -0.0273 e. The van der Waals surface area contributed by atoms with Crippen LogP contribution in [0.4, 0.5) is 0 Å². The summed E-state index contributed by atoms with van der Waals surface area (Å²) in [6.07, 6.45) is 13.2. The second-order valence-electron chi connectivity index (χ2n) is 5.72. The molecule has 1 rings (SSSR count). The molecule has 0 heteroatoms. The number of hydrogen-bond donors (Lipinski definition) is 0. The summed E-state index contributed by atoms with van der Waals surface area (Å²) in [7, 11) is 0. The third kappa shape index (κ3) is 5.80. The van der Waals surface area contributed by atoms with Crippen LogP contribution in [-0.2, 0) is 19.3 Å². The van der Waals surface area contributed by atoms with Gasteiger partial charge in [-0.15, -0.1) is 0 Å². The van der Waals surface area contributed by atoms with Gasteiger partial charge < -0.3 is 0 Å². The normalized spacial score (nSPS) is 10.9. The van der Waals surface area contributed by atoms with E-state index in [1.165, 1.54) is 64.2 Å². The Morgan fingerprint density at radius 3 is 1.79 bits per heavy atom. The fourth-order valence-electron chi connectivity index (χ4n) is 2.86. The lowest BCUT2D eigenvalue weighted by molar-refractivity contribution is 0.688. The van der Waals surface area contributed by atoms with E-state index < -0.39 is 0 Å². The van der Waals surface area contributed by atoms with Gasteiger partial charge in [-0.25, -0.2) is 0 Å². The van der Waals surface area contributed by atoms with Crippen LogP contribution in [0.3, 0.4) is 0 Å². The van der Waals surface area contributed by atoms with Crippen molar-refractivity contribution in [3.05, 3.63) is 34.9 Å². The third-order valence-corrected chi connectivity index (χ3v) is 3.97. The second-order valence-corrected chi connectivity index (χ2v) is 5.72. The molecule has 0 saturated heterocycles. The first-order chi connectivity index (χ1) is 9.33. The van der Waals surface area contributed by atoms with Crippen LogP contribution in [-0.4, -0.2) is 0 Å². The molecule has 0 nitrogen and oxygen atoms in total. The molecule has 0 radical (unpaired) electrons. The summed E-state index contributed by atoms with van der Waals surface area (Å²) >= 11 is 0. The van der Waals surface area contributed by atoms with Crippen molar-refractivity contribution in [3.8, 4) is 0 Å². The molecule has 0 saturated carbocycles. The van der Waals surface area contributed by atoms with E-state index in [1.54, 1.807) is 16.7 Å². The Morgan fingerprint density at radius 1 is 0.632 bits per heavy atom. The molecule has 0 aliphatic rings. The van der Waals surface area contributed by atoms with Gasteiger partial charge in [-0.2, -0.15) is 0 Å². The zero-order chi connectivity index (χ0) is 13.9. The minimum Gasteiger partial charge on any atom is -0.0654 e. The van der Waals surface area contributed by atoms with Crippen LogP contribution in [0.1, 0.15) is 82.4 Å². The molecule has 0 N–H and O–H groups in total. The summed E-state index contributed by atoms with van der Waals surface area (Å²) in [5.41, 5.74) is 4.94. The van der Waals surface area contributed by atoms with Gasteiger partial charge in [0.05, 0.1) is 0 Å². The van der Waals surface area contributed by atoms with Gasteiger partial charge >= 0.3 is 0 Å². The van der Waals surface area contributed by atoms with E-state index in [0.717, 1.165) is 0 Å². The van der Waals surface area contributed by atoms with Crippen LogP contribution in [0.2, 0.25) is 0 Å². The molecule has 0 heterocycles. The van der Waals surface area contributed by atoms with Crippen molar-refractivity contribution in [1.82, 2.24) is 0 Å². The molecule has 0 amide bonds. The first-order valence-corrected chi connectivity index (χ1v) is 8.43. The molecule has 0 aliphatic carbocycles. The SMILES string of the molecule is CCCCCc1cccc(CCC)c1CCCCC. The lowest BCUT2D eigenvalue weighted by Gasteiger charge is -2.15. The van der Waals surface area contributed by atoms with E-state index in [0.29, 0.717) is 0 Å². The van der Waals surface area contributed by atoms with Crippen molar-refractivity contribution in [2.24, 2.45) is 0 Å². The molecule has 1 aromatic carbocycles. The summed E-state index contributed by atoms with van der Waals surface area (Å²) in [6.45, 7) is 6.87. The average molecular weight is 260 g/mol. The maximum absolute atomic E-state index is 2.37. The van der Waals surface area contributed by atoms with Crippen LogP contribution in [0.5, 0.6) is 0 Å². The lowest BCUT2D eigenvalue weighted by Crippen LogP contribution is -2.01. The maximum atomic E-state index is 2.37. The molecule has 19 heavy (non-hydrogen) atoms. The van der Waals surface area contributed by atoms with Gasteiger partial charge in [0.25, 0.3) is 0 Å². The van der Waals surface area contributed by atoms with Gasteiger partial charge in [-0.05, 0) is 48.8 Å². The topological polar surface area (TPSA) is 0 Å². The lowest BCUT2D eigenvalue weighted by atomic mass is 9.91. The van der Waals surface area contributed by atoms with Gasteiger partial charge in [0, 0.05) is 0 Å². The quantitative estimate of drug-likeness (QED) is 0.446. The molecule has 0 atom stereocenters. The Kier molecular flexibility index (Phi) is 8.62. The van der Waals surface area contributed by atoms with Crippen LogP contribution < -0.4 is 0 Å². The van der Waals surface area contributed by atoms with Crippen LogP contribution in [0.25, 0.3) is 0 Å². The van der Waals surface area contributed by atoms with Gasteiger partial charge in [0.2, 0.25) is 0 Å². The molecule has 0 aromatic heterocycles. The zero-order valence-corrected chi connectivity index (χ0v) is 13.3. The summed E-state index contributed by atoms with van der Waals surface area (Å²) < 4.78 is 0. The van der Waals surface area contributed by atoms with E-state index >= 15 is 0 Å². The third-order valence-electron chi connectivity index (χ3n) is 3.97. The fraction of sp³-hybridized carbons (Fsp3) is 0.684. The molecule has 1 aromatic rings. The Balaban J connectivity index is 2.77. The molecule has 0 fully saturated rings. The number of unbranched alkanes of at least 4 members (excludes halogenated alkanes) is 4. The first-order valence-electron chi connectivity index (χ1n) is 8.43. The van der Waals surface area contributed by atoms with Gasteiger partial charge in [-0.3, -0.25) is 0 Å². The highest BCUT2D eigenvalue weighted by Crippen LogP contribution is 2.21. The molecule has 108 valence electrons. The fourth-order valence-corrected chi connectivity index (χ4v) is 2.86. The Hall–Kier alpha value is -0.780. The van der Waals surface area contributed by atoms with Crippen molar-refractivity contribution in [3.63, 3.8) is 0 Å². The minimum atomic E-state index is 1.25. The van der Waals surface area contributed by atoms with E-state index in [1.807, 2.05) is 0 Å². The second kappa shape index (κ2) is 10.1. The summed E-state index contributed by atoms with van der Waals surface area (Å²) in [5, 5.41) is 0. The van der Waals surface area contributed by atoms with Crippen molar-refractivity contribution in [1.29, 1.82) is 0 Å². The average Bonchev–Trinajstić information content (AvgIpc) is 2.42. The molecular formula is C19H32. The number of hydrogen-bond acceptors (Lipinski definition) is 0. The van der Waals surface area contributed by atoms with Crippen molar-refractivity contribution < 1.29 is 0 Å². The number of benzene rings is 1. The van der Waals surface area contributed by atoms with E-state index in [9.17, 15) is 0 Å². The van der Waals surface area contributed by atoms with E-state index in [2.05, 4.69) is 39.0 Å². The van der Waals surface area contributed by atoms with Gasteiger partial charge in [0.15, 0.2) is 0 Å². The largest absolute Gasteiger partial charge is 0.0654 e. The highest BCUT2D eigenvalue weighted by molar-refractivity contribution is 5.36. The molecular weight excluding hydrogens is 228 g/mol. The Morgan fingerprint density at radius 2 is 1.21 bits per heavy atom. The summed E-state index contributed by atoms with van der Waals surface area (Å²) in [6, 6.07) is 7.00. The zero-order valence-electron chi connectivity index (χ0n) is 13.3. The minimum absolute atomic E-state index is 1.25. The van der Waals surface area contributed by atoms with E-state index in [4.69, 9.17) is 0 Å². The predicted octanol–water partition coefficient (Wildman–Crippen LogP) is 6.10. The van der Waals surface area contributed by atoms with Crippen LogP contribution in [0.15, 0.2) is 18.2 Å². The molecule has 0 spiro atoms. The monoisotopic (exact) mass is 260 g/mol.